The number of carbonyl (C=O) groups excluding carboxylic acids is 3. The summed E-state index contributed by atoms with van der Waals surface area (Å²) in [7, 11) is 0. The summed E-state index contributed by atoms with van der Waals surface area (Å²) in [5, 5.41) is 4.64. The standard InChI is InChI=1S/C16H21N3O3S/c1-9(2)19(8-11-6-10-4-3-5-13(10)23-11)14(20)7-12-15(21)18-16(22)17-12/h6,9,12H,3-5,7-8H2,1-2H3,(H2,17,18,21,22). The molecule has 3 rings (SSSR count). The monoisotopic (exact) mass is 335 g/mol. The van der Waals surface area contributed by atoms with Crippen LogP contribution in [0.25, 0.3) is 0 Å². The van der Waals surface area contributed by atoms with Gasteiger partial charge in [-0.05, 0) is 44.7 Å². The van der Waals surface area contributed by atoms with Gasteiger partial charge in [0.2, 0.25) is 5.91 Å². The molecule has 1 aliphatic carbocycles. The first-order chi connectivity index (χ1) is 10.9. The predicted octanol–water partition coefficient (Wildman–Crippen LogP) is 1.57. The zero-order chi connectivity index (χ0) is 16.6. The Hall–Kier alpha value is -1.89. The molecular formula is C16H21N3O3S. The molecule has 7 heteroatoms. The molecule has 1 fully saturated rings. The molecule has 2 aliphatic rings. The Morgan fingerprint density at radius 3 is 2.78 bits per heavy atom. The van der Waals surface area contributed by atoms with E-state index in [1.165, 1.54) is 21.7 Å². The molecule has 23 heavy (non-hydrogen) atoms. The van der Waals surface area contributed by atoms with Gasteiger partial charge in [0.15, 0.2) is 0 Å². The van der Waals surface area contributed by atoms with Crippen LogP contribution in [0.3, 0.4) is 0 Å². The highest BCUT2D eigenvalue weighted by molar-refractivity contribution is 7.12. The van der Waals surface area contributed by atoms with Crippen molar-refractivity contribution in [2.24, 2.45) is 0 Å². The molecule has 6 nitrogen and oxygen atoms in total. The molecule has 2 N–H and O–H groups in total. The van der Waals surface area contributed by atoms with Crippen LogP contribution in [0.4, 0.5) is 4.79 Å². The third kappa shape index (κ3) is 3.39. The van der Waals surface area contributed by atoms with Gasteiger partial charge in [0, 0.05) is 15.8 Å². The molecule has 1 saturated heterocycles. The van der Waals surface area contributed by atoms with Gasteiger partial charge in [0.05, 0.1) is 13.0 Å². The van der Waals surface area contributed by atoms with Crippen LogP contribution in [-0.2, 0) is 29.0 Å². The highest BCUT2D eigenvalue weighted by atomic mass is 32.1. The third-order valence-corrected chi connectivity index (χ3v) is 5.53. The van der Waals surface area contributed by atoms with Crippen molar-refractivity contribution in [3.05, 3.63) is 21.4 Å². The number of imide groups is 1. The van der Waals surface area contributed by atoms with E-state index in [9.17, 15) is 14.4 Å². The molecular weight excluding hydrogens is 314 g/mol. The van der Waals surface area contributed by atoms with E-state index in [1.54, 1.807) is 16.2 Å². The molecule has 2 heterocycles. The second-order valence-corrected chi connectivity index (χ2v) is 7.57. The topological polar surface area (TPSA) is 78.5 Å². The Kier molecular flexibility index (Phi) is 4.39. The lowest BCUT2D eigenvalue weighted by Crippen LogP contribution is -2.41. The fourth-order valence-electron chi connectivity index (χ4n) is 3.09. The van der Waals surface area contributed by atoms with Gasteiger partial charge < -0.3 is 10.2 Å². The summed E-state index contributed by atoms with van der Waals surface area (Å²) in [6.07, 6.45) is 3.51. The summed E-state index contributed by atoms with van der Waals surface area (Å²) in [6.45, 7) is 4.50. The van der Waals surface area contributed by atoms with E-state index in [0.29, 0.717) is 6.54 Å². The van der Waals surface area contributed by atoms with Crippen LogP contribution in [0, 0.1) is 0 Å². The molecule has 1 aromatic rings. The smallest absolute Gasteiger partial charge is 0.322 e. The maximum atomic E-state index is 12.6. The summed E-state index contributed by atoms with van der Waals surface area (Å²) in [6, 6.07) is 0.961. The summed E-state index contributed by atoms with van der Waals surface area (Å²) in [4.78, 5) is 39.7. The number of rotatable bonds is 5. The van der Waals surface area contributed by atoms with Crippen molar-refractivity contribution in [2.45, 2.75) is 58.2 Å². The number of nitrogens with one attached hydrogen (secondary N) is 2. The van der Waals surface area contributed by atoms with Gasteiger partial charge in [0.1, 0.15) is 6.04 Å². The second-order valence-electron chi connectivity index (χ2n) is 6.35. The summed E-state index contributed by atoms with van der Waals surface area (Å²) < 4.78 is 0. The number of nitrogens with zero attached hydrogens (tertiary/aromatic N) is 1. The number of amides is 4. The Balaban J connectivity index is 1.66. The quantitative estimate of drug-likeness (QED) is 0.802. The van der Waals surface area contributed by atoms with E-state index in [-0.39, 0.29) is 18.4 Å². The van der Waals surface area contributed by atoms with E-state index in [0.717, 1.165) is 12.8 Å². The molecule has 1 atom stereocenters. The van der Waals surface area contributed by atoms with Gasteiger partial charge in [-0.1, -0.05) is 0 Å². The van der Waals surface area contributed by atoms with Crippen LogP contribution in [0.5, 0.6) is 0 Å². The summed E-state index contributed by atoms with van der Waals surface area (Å²) >= 11 is 1.79. The maximum Gasteiger partial charge on any atom is 0.322 e. The summed E-state index contributed by atoms with van der Waals surface area (Å²) in [5.74, 6) is -0.543. The first kappa shape index (κ1) is 16.0. The van der Waals surface area contributed by atoms with Crippen molar-refractivity contribution < 1.29 is 14.4 Å². The van der Waals surface area contributed by atoms with Gasteiger partial charge in [0.25, 0.3) is 5.91 Å². The van der Waals surface area contributed by atoms with Crippen LogP contribution in [0.1, 0.15) is 42.0 Å². The first-order valence-corrected chi connectivity index (χ1v) is 8.77. The lowest BCUT2D eigenvalue weighted by Gasteiger charge is -2.27. The molecule has 0 spiro atoms. The highest BCUT2D eigenvalue weighted by Crippen LogP contribution is 2.31. The SMILES string of the molecule is CC(C)N(Cc1cc2c(s1)CCC2)C(=O)CC1NC(=O)NC1=O. The van der Waals surface area contributed by atoms with Gasteiger partial charge in [-0.25, -0.2) is 4.79 Å². The zero-order valence-corrected chi connectivity index (χ0v) is 14.2. The van der Waals surface area contributed by atoms with Gasteiger partial charge >= 0.3 is 6.03 Å². The molecule has 1 unspecified atom stereocenters. The van der Waals surface area contributed by atoms with E-state index < -0.39 is 18.0 Å². The molecule has 124 valence electrons. The molecule has 1 aromatic heterocycles. The van der Waals surface area contributed by atoms with Crippen molar-refractivity contribution >= 4 is 29.2 Å². The minimum Gasteiger partial charge on any atom is -0.335 e. The minimum atomic E-state index is -0.760. The van der Waals surface area contributed by atoms with Crippen molar-refractivity contribution in [3.8, 4) is 0 Å². The molecule has 0 radical (unpaired) electrons. The Bertz CT molecular complexity index is 631. The average molecular weight is 335 g/mol. The van der Waals surface area contributed by atoms with Gasteiger partial charge in [-0.2, -0.15) is 0 Å². The molecule has 0 saturated carbocycles. The molecule has 0 bridgehead atoms. The fraction of sp³-hybridized carbons (Fsp3) is 0.562. The van der Waals surface area contributed by atoms with Crippen LogP contribution in [0.15, 0.2) is 6.07 Å². The normalized spacial score (nSPS) is 19.7. The average Bonchev–Trinajstić information content (AvgIpc) is 3.11. The third-order valence-electron chi connectivity index (χ3n) is 4.30. The fourth-order valence-corrected chi connectivity index (χ4v) is 4.35. The van der Waals surface area contributed by atoms with Crippen LogP contribution >= 0.6 is 11.3 Å². The predicted molar refractivity (Wildman–Crippen MR) is 87.1 cm³/mol. The van der Waals surface area contributed by atoms with Crippen molar-refractivity contribution in [2.75, 3.05) is 0 Å². The van der Waals surface area contributed by atoms with Crippen LogP contribution in [-0.4, -0.2) is 34.8 Å². The van der Waals surface area contributed by atoms with Gasteiger partial charge in [-0.15, -0.1) is 11.3 Å². The zero-order valence-electron chi connectivity index (χ0n) is 13.3. The van der Waals surface area contributed by atoms with Crippen molar-refractivity contribution in [1.82, 2.24) is 15.5 Å². The van der Waals surface area contributed by atoms with Crippen molar-refractivity contribution in [1.29, 1.82) is 0 Å². The molecule has 0 aromatic carbocycles. The largest absolute Gasteiger partial charge is 0.335 e. The Morgan fingerprint density at radius 2 is 2.17 bits per heavy atom. The maximum absolute atomic E-state index is 12.6. The number of thiophene rings is 1. The van der Waals surface area contributed by atoms with Crippen LogP contribution < -0.4 is 10.6 Å². The number of hydrogen-bond donors (Lipinski definition) is 2. The van der Waals surface area contributed by atoms with E-state index in [1.807, 2.05) is 13.8 Å². The molecule has 1 aliphatic heterocycles. The van der Waals surface area contributed by atoms with Crippen molar-refractivity contribution in [3.63, 3.8) is 0 Å². The highest BCUT2D eigenvalue weighted by Gasteiger charge is 2.33. The number of fused-ring (bicyclic) bond motifs is 1. The first-order valence-electron chi connectivity index (χ1n) is 7.95. The number of urea groups is 1. The Labute approximate surface area is 139 Å². The minimum absolute atomic E-state index is 0.000836. The number of aryl methyl sites for hydroxylation is 2. The van der Waals surface area contributed by atoms with Gasteiger partial charge in [-0.3, -0.25) is 14.9 Å². The van der Waals surface area contributed by atoms with E-state index in [2.05, 4.69) is 16.7 Å². The summed E-state index contributed by atoms with van der Waals surface area (Å²) in [5.41, 5.74) is 1.42. The second kappa shape index (κ2) is 6.31. The lowest BCUT2D eigenvalue weighted by atomic mass is 10.1. The number of hydrogen-bond acceptors (Lipinski definition) is 4. The molecule has 4 amide bonds. The number of carbonyl (C=O) groups is 3. The Morgan fingerprint density at radius 1 is 1.39 bits per heavy atom. The van der Waals surface area contributed by atoms with E-state index in [4.69, 9.17) is 0 Å². The lowest BCUT2D eigenvalue weighted by molar-refractivity contribution is -0.136. The van der Waals surface area contributed by atoms with E-state index >= 15 is 0 Å². The van der Waals surface area contributed by atoms with Crippen LogP contribution in [0.2, 0.25) is 0 Å².